The minimum atomic E-state index is -0.0277. The van der Waals surface area contributed by atoms with Crippen LogP contribution in [0.4, 0.5) is 0 Å². The standard InChI is InChI=1S/C19H25NO/c1-12-6-7-19(17(10-12)16(5)20)21-11-18-14(3)8-13(2)9-15(18)4/h6-10,16H,11,20H2,1-5H3/t16-/m1/s1. The molecule has 0 unspecified atom stereocenters. The van der Waals surface area contributed by atoms with Gasteiger partial charge in [-0.05, 0) is 57.4 Å². The summed E-state index contributed by atoms with van der Waals surface area (Å²) in [5.41, 5.74) is 13.4. The van der Waals surface area contributed by atoms with Crippen molar-refractivity contribution in [3.05, 3.63) is 63.7 Å². The Hall–Kier alpha value is -1.80. The molecule has 0 aromatic heterocycles. The predicted molar refractivity (Wildman–Crippen MR) is 88.8 cm³/mol. The molecule has 2 aromatic rings. The molecular formula is C19H25NO. The summed E-state index contributed by atoms with van der Waals surface area (Å²) < 4.78 is 6.06. The lowest BCUT2D eigenvalue weighted by Gasteiger charge is -2.17. The normalized spacial score (nSPS) is 12.3. The summed E-state index contributed by atoms with van der Waals surface area (Å²) in [5, 5.41) is 0. The lowest BCUT2D eigenvalue weighted by molar-refractivity contribution is 0.300. The molecule has 0 heterocycles. The topological polar surface area (TPSA) is 35.2 Å². The third-order valence-corrected chi connectivity index (χ3v) is 3.87. The van der Waals surface area contributed by atoms with Crippen molar-refractivity contribution in [3.63, 3.8) is 0 Å². The predicted octanol–water partition coefficient (Wildman–Crippen LogP) is 4.52. The Morgan fingerprint density at radius 1 is 0.952 bits per heavy atom. The van der Waals surface area contributed by atoms with Crippen molar-refractivity contribution in [1.82, 2.24) is 0 Å². The average Bonchev–Trinajstić information content (AvgIpc) is 2.38. The number of benzene rings is 2. The van der Waals surface area contributed by atoms with Gasteiger partial charge < -0.3 is 10.5 Å². The smallest absolute Gasteiger partial charge is 0.124 e. The molecule has 0 radical (unpaired) electrons. The van der Waals surface area contributed by atoms with Crippen LogP contribution in [-0.2, 0) is 6.61 Å². The van der Waals surface area contributed by atoms with Crippen molar-refractivity contribution in [3.8, 4) is 5.75 Å². The SMILES string of the molecule is Cc1cc(C)c(COc2ccc(C)cc2[C@@H](C)N)c(C)c1. The highest BCUT2D eigenvalue weighted by Gasteiger charge is 2.10. The van der Waals surface area contributed by atoms with Crippen molar-refractivity contribution in [2.24, 2.45) is 5.73 Å². The van der Waals surface area contributed by atoms with Crippen molar-refractivity contribution in [2.45, 2.75) is 47.3 Å². The Labute approximate surface area is 127 Å². The third kappa shape index (κ3) is 3.64. The molecule has 0 bridgehead atoms. The maximum Gasteiger partial charge on any atom is 0.124 e. The minimum Gasteiger partial charge on any atom is -0.489 e. The van der Waals surface area contributed by atoms with Crippen LogP contribution in [0.1, 0.15) is 46.3 Å². The van der Waals surface area contributed by atoms with Gasteiger partial charge in [0.25, 0.3) is 0 Å². The largest absolute Gasteiger partial charge is 0.489 e. The first-order valence-corrected chi connectivity index (χ1v) is 7.44. The second-order valence-corrected chi connectivity index (χ2v) is 6.00. The van der Waals surface area contributed by atoms with Gasteiger partial charge in [0.2, 0.25) is 0 Å². The quantitative estimate of drug-likeness (QED) is 0.895. The molecule has 2 rings (SSSR count). The lowest BCUT2D eigenvalue weighted by atomic mass is 10.0. The lowest BCUT2D eigenvalue weighted by Crippen LogP contribution is -2.09. The molecule has 0 aliphatic heterocycles. The monoisotopic (exact) mass is 283 g/mol. The highest BCUT2D eigenvalue weighted by atomic mass is 16.5. The molecule has 21 heavy (non-hydrogen) atoms. The van der Waals surface area contributed by atoms with Crippen LogP contribution in [0.15, 0.2) is 30.3 Å². The molecule has 2 aromatic carbocycles. The summed E-state index contributed by atoms with van der Waals surface area (Å²) in [5.74, 6) is 0.884. The molecule has 0 saturated carbocycles. The van der Waals surface area contributed by atoms with Gasteiger partial charge in [0, 0.05) is 11.6 Å². The van der Waals surface area contributed by atoms with Gasteiger partial charge in [-0.15, -0.1) is 0 Å². The zero-order valence-corrected chi connectivity index (χ0v) is 13.7. The van der Waals surface area contributed by atoms with Gasteiger partial charge in [-0.25, -0.2) is 0 Å². The van der Waals surface area contributed by atoms with E-state index in [-0.39, 0.29) is 6.04 Å². The number of nitrogens with two attached hydrogens (primary N) is 1. The van der Waals surface area contributed by atoms with E-state index in [0.717, 1.165) is 11.3 Å². The van der Waals surface area contributed by atoms with Crippen LogP contribution in [-0.4, -0.2) is 0 Å². The molecule has 0 aliphatic carbocycles. The number of hydrogen-bond donors (Lipinski definition) is 1. The Kier molecular flexibility index (Phi) is 4.69. The van der Waals surface area contributed by atoms with E-state index in [9.17, 15) is 0 Å². The Balaban J connectivity index is 2.25. The van der Waals surface area contributed by atoms with Gasteiger partial charge in [-0.3, -0.25) is 0 Å². The summed E-state index contributed by atoms with van der Waals surface area (Å²) in [6, 6.07) is 10.6. The van der Waals surface area contributed by atoms with Crippen LogP contribution >= 0.6 is 0 Å². The van der Waals surface area contributed by atoms with Crippen LogP contribution in [0.2, 0.25) is 0 Å². The molecular weight excluding hydrogens is 258 g/mol. The van der Waals surface area contributed by atoms with Gasteiger partial charge >= 0.3 is 0 Å². The first kappa shape index (κ1) is 15.6. The van der Waals surface area contributed by atoms with Crippen LogP contribution in [0.5, 0.6) is 5.75 Å². The minimum absolute atomic E-state index is 0.0277. The van der Waals surface area contributed by atoms with E-state index in [0.29, 0.717) is 6.61 Å². The summed E-state index contributed by atoms with van der Waals surface area (Å²) in [7, 11) is 0. The van der Waals surface area contributed by atoms with Crippen molar-refractivity contribution in [2.75, 3.05) is 0 Å². The molecule has 0 aliphatic rings. The maximum absolute atomic E-state index is 6.06. The molecule has 2 nitrogen and oxygen atoms in total. The molecule has 0 amide bonds. The number of aryl methyl sites for hydroxylation is 4. The van der Waals surface area contributed by atoms with E-state index in [2.05, 4.69) is 52.0 Å². The molecule has 0 spiro atoms. The number of ether oxygens (including phenoxy) is 1. The summed E-state index contributed by atoms with van der Waals surface area (Å²) in [6.07, 6.45) is 0. The van der Waals surface area contributed by atoms with Gasteiger partial charge in [0.1, 0.15) is 12.4 Å². The van der Waals surface area contributed by atoms with Gasteiger partial charge in [0.15, 0.2) is 0 Å². The fourth-order valence-corrected chi connectivity index (χ4v) is 2.74. The van der Waals surface area contributed by atoms with Gasteiger partial charge in [0.05, 0.1) is 0 Å². The fraction of sp³-hybridized carbons (Fsp3) is 0.368. The van der Waals surface area contributed by atoms with Crippen molar-refractivity contribution < 1.29 is 4.74 Å². The zero-order valence-electron chi connectivity index (χ0n) is 13.7. The summed E-state index contributed by atoms with van der Waals surface area (Å²) >= 11 is 0. The fourth-order valence-electron chi connectivity index (χ4n) is 2.74. The van der Waals surface area contributed by atoms with E-state index in [1.807, 2.05) is 13.0 Å². The van der Waals surface area contributed by atoms with Crippen molar-refractivity contribution >= 4 is 0 Å². The Bertz CT molecular complexity index is 621. The summed E-state index contributed by atoms with van der Waals surface area (Å²) in [4.78, 5) is 0. The number of hydrogen-bond acceptors (Lipinski definition) is 2. The van der Waals surface area contributed by atoms with E-state index in [1.54, 1.807) is 0 Å². The second-order valence-electron chi connectivity index (χ2n) is 6.00. The Morgan fingerprint density at radius 3 is 2.14 bits per heavy atom. The number of rotatable bonds is 4. The molecule has 1 atom stereocenters. The highest BCUT2D eigenvalue weighted by Crippen LogP contribution is 2.27. The second kappa shape index (κ2) is 6.31. The first-order chi connectivity index (χ1) is 9.88. The average molecular weight is 283 g/mol. The Morgan fingerprint density at radius 2 is 1.57 bits per heavy atom. The molecule has 0 fully saturated rings. The maximum atomic E-state index is 6.06. The van der Waals surface area contributed by atoms with E-state index in [4.69, 9.17) is 10.5 Å². The van der Waals surface area contributed by atoms with Crippen molar-refractivity contribution in [1.29, 1.82) is 0 Å². The van der Waals surface area contributed by atoms with Crippen LogP contribution in [0.3, 0.4) is 0 Å². The third-order valence-electron chi connectivity index (χ3n) is 3.87. The van der Waals surface area contributed by atoms with E-state index < -0.39 is 0 Å². The van der Waals surface area contributed by atoms with Gasteiger partial charge in [-0.1, -0.05) is 35.4 Å². The van der Waals surface area contributed by atoms with E-state index >= 15 is 0 Å². The molecule has 112 valence electrons. The molecule has 0 saturated heterocycles. The van der Waals surface area contributed by atoms with Gasteiger partial charge in [-0.2, -0.15) is 0 Å². The van der Waals surface area contributed by atoms with Crippen LogP contribution in [0, 0.1) is 27.7 Å². The van der Waals surface area contributed by atoms with Crippen LogP contribution in [0.25, 0.3) is 0 Å². The van der Waals surface area contributed by atoms with E-state index in [1.165, 1.54) is 27.8 Å². The highest BCUT2D eigenvalue weighted by molar-refractivity contribution is 5.40. The summed E-state index contributed by atoms with van der Waals surface area (Å²) in [6.45, 7) is 11.0. The first-order valence-electron chi connectivity index (χ1n) is 7.44. The zero-order chi connectivity index (χ0) is 15.6. The molecule has 2 N–H and O–H groups in total. The van der Waals surface area contributed by atoms with Crippen LogP contribution < -0.4 is 10.5 Å². The molecule has 2 heteroatoms.